The Morgan fingerprint density at radius 2 is 1.62 bits per heavy atom. The number of halogens is 1. The van der Waals surface area contributed by atoms with E-state index in [1.807, 2.05) is 54.6 Å². The molecule has 0 aliphatic carbocycles. The lowest BCUT2D eigenvalue weighted by Crippen LogP contribution is -2.37. The van der Waals surface area contributed by atoms with Crippen LogP contribution in [-0.2, 0) is 22.7 Å². The highest BCUT2D eigenvalue weighted by Gasteiger charge is 2.43. The molecular formula is C26H24FN3O3S. The Bertz CT molecular complexity index is 1170. The Kier molecular flexibility index (Phi) is 7.18. The second-order valence-electron chi connectivity index (χ2n) is 7.94. The van der Waals surface area contributed by atoms with Gasteiger partial charge in [0.1, 0.15) is 17.6 Å². The molecule has 1 atom stereocenters. The highest BCUT2D eigenvalue weighted by atomic mass is 32.1. The molecule has 0 radical (unpaired) electrons. The van der Waals surface area contributed by atoms with Gasteiger partial charge < -0.3 is 15.0 Å². The lowest BCUT2D eigenvalue weighted by atomic mass is 10.1. The molecule has 0 aromatic heterocycles. The fourth-order valence-electron chi connectivity index (χ4n) is 3.83. The number of carbonyl (C=O) groups is 2. The Morgan fingerprint density at radius 3 is 2.26 bits per heavy atom. The van der Waals surface area contributed by atoms with E-state index in [4.69, 9.17) is 17.0 Å². The van der Waals surface area contributed by atoms with E-state index in [1.165, 1.54) is 24.3 Å². The smallest absolute Gasteiger partial charge is 0.252 e. The zero-order chi connectivity index (χ0) is 24.1. The predicted octanol–water partition coefficient (Wildman–Crippen LogP) is 4.36. The van der Waals surface area contributed by atoms with Gasteiger partial charge in [-0.25, -0.2) is 4.39 Å². The summed E-state index contributed by atoms with van der Waals surface area (Å²) in [5.41, 5.74) is 2.34. The third-order valence-corrected chi connectivity index (χ3v) is 6.06. The molecule has 174 valence electrons. The summed E-state index contributed by atoms with van der Waals surface area (Å²) < 4.78 is 18.4. The van der Waals surface area contributed by atoms with Gasteiger partial charge in [-0.3, -0.25) is 14.5 Å². The SMILES string of the molecule is COc1ccc(CN2C(=S)N(Cc3ccccc3)C(=O)C2CC(=O)Nc2ccc(F)cc2)cc1. The highest BCUT2D eigenvalue weighted by molar-refractivity contribution is 7.80. The van der Waals surface area contributed by atoms with Crippen molar-refractivity contribution in [2.24, 2.45) is 0 Å². The van der Waals surface area contributed by atoms with Crippen molar-refractivity contribution in [3.63, 3.8) is 0 Å². The van der Waals surface area contributed by atoms with Crippen LogP contribution in [0.5, 0.6) is 5.75 Å². The zero-order valence-corrected chi connectivity index (χ0v) is 19.4. The molecule has 3 aromatic rings. The van der Waals surface area contributed by atoms with Crippen LogP contribution < -0.4 is 10.1 Å². The summed E-state index contributed by atoms with van der Waals surface area (Å²) in [5.74, 6) is -0.244. The maximum atomic E-state index is 13.4. The molecule has 3 aromatic carbocycles. The van der Waals surface area contributed by atoms with Crippen LogP contribution in [0.4, 0.5) is 10.1 Å². The van der Waals surface area contributed by atoms with Gasteiger partial charge in [0.05, 0.1) is 20.1 Å². The maximum Gasteiger partial charge on any atom is 0.252 e. The average Bonchev–Trinajstić information content (AvgIpc) is 3.06. The van der Waals surface area contributed by atoms with Gasteiger partial charge in [-0.15, -0.1) is 0 Å². The zero-order valence-electron chi connectivity index (χ0n) is 18.6. The normalized spacial score (nSPS) is 15.5. The number of carbonyl (C=O) groups excluding carboxylic acids is 2. The third kappa shape index (κ3) is 5.40. The van der Waals surface area contributed by atoms with Crippen LogP contribution in [0.3, 0.4) is 0 Å². The van der Waals surface area contributed by atoms with E-state index in [2.05, 4.69) is 5.32 Å². The summed E-state index contributed by atoms with van der Waals surface area (Å²) in [6.07, 6.45) is -0.0855. The number of methoxy groups -OCH3 is 1. The second-order valence-corrected chi connectivity index (χ2v) is 8.31. The molecule has 6 nitrogen and oxygen atoms in total. The number of anilines is 1. The molecule has 0 bridgehead atoms. The number of amides is 2. The summed E-state index contributed by atoms with van der Waals surface area (Å²) in [6.45, 7) is 0.696. The van der Waals surface area contributed by atoms with Crippen molar-refractivity contribution < 1.29 is 18.7 Å². The lowest BCUT2D eigenvalue weighted by molar-refractivity contribution is -0.131. The molecule has 1 heterocycles. The number of benzene rings is 3. The Morgan fingerprint density at radius 1 is 0.971 bits per heavy atom. The lowest BCUT2D eigenvalue weighted by Gasteiger charge is -2.24. The third-order valence-electron chi connectivity index (χ3n) is 5.61. The summed E-state index contributed by atoms with van der Waals surface area (Å²) in [6, 6.07) is 21.8. The summed E-state index contributed by atoms with van der Waals surface area (Å²) in [5, 5.41) is 3.11. The molecule has 0 saturated carbocycles. The number of nitrogens with zero attached hydrogens (tertiary/aromatic N) is 2. The molecule has 1 unspecified atom stereocenters. The van der Waals surface area contributed by atoms with Crippen molar-refractivity contribution in [3.8, 4) is 5.75 Å². The van der Waals surface area contributed by atoms with Crippen LogP contribution in [0.1, 0.15) is 17.5 Å². The van der Waals surface area contributed by atoms with Crippen LogP contribution in [0.2, 0.25) is 0 Å². The largest absolute Gasteiger partial charge is 0.497 e. The van der Waals surface area contributed by atoms with Gasteiger partial charge in [0, 0.05) is 12.2 Å². The van der Waals surface area contributed by atoms with Crippen LogP contribution in [0, 0.1) is 5.82 Å². The minimum Gasteiger partial charge on any atom is -0.497 e. The number of hydrogen-bond donors (Lipinski definition) is 1. The van der Waals surface area contributed by atoms with Gasteiger partial charge in [0.25, 0.3) is 5.91 Å². The monoisotopic (exact) mass is 477 g/mol. The van der Waals surface area contributed by atoms with E-state index < -0.39 is 11.9 Å². The minimum absolute atomic E-state index is 0.0855. The molecule has 8 heteroatoms. The molecule has 1 N–H and O–H groups in total. The topological polar surface area (TPSA) is 61.9 Å². The van der Waals surface area contributed by atoms with Crippen LogP contribution in [-0.4, -0.2) is 39.9 Å². The van der Waals surface area contributed by atoms with Gasteiger partial charge in [-0.1, -0.05) is 42.5 Å². The number of rotatable bonds is 8. The number of nitrogens with one attached hydrogen (secondary N) is 1. The molecule has 2 amide bonds. The molecule has 1 aliphatic rings. The van der Waals surface area contributed by atoms with E-state index in [1.54, 1.807) is 16.9 Å². The molecular weight excluding hydrogens is 453 g/mol. The molecule has 0 spiro atoms. The fourth-order valence-corrected chi connectivity index (χ4v) is 4.18. The molecule has 1 aliphatic heterocycles. The molecule has 1 saturated heterocycles. The summed E-state index contributed by atoms with van der Waals surface area (Å²) in [4.78, 5) is 29.5. The Hall–Kier alpha value is -3.78. The number of hydrogen-bond acceptors (Lipinski definition) is 4. The van der Waals surface area contributed by atoms with Crippen LogP contribution >= 0.6 is 12.2 Å². The standard InChI is InChI=1S/C26H24FN3O3S/c1-33-22-13-7-19(8-14-22)16-29-23(15-24(31)28-21-11-9-20(27)10-12-21)25(32)30(26(29)34)17-18-5-3-2-4-6-18/h2-14,23H,15-17H2,1H3,(H,28,31). The predicted molar refractivity (Wildman–Crippen MR) is 132 cm³/mol. The Balaban J connectivity index is 1.55. The first-order chi connectivity index (χ1) is 16.4. The van der Waals surface area contributed by atoms with E-state index in [9.17, 15) is 14.0 Å². The van der Waals surface area contributed by atoms with Crippen molar-refractivity contribution in [3.05, 3.63) is 95.8 Å². The average molecular weight is 478 g/mol. The number of ether oxygens (including phenoxy) is 1. The van der Waals surface area contributed by atoms with Gasteiger partial charge in [0.2, 0.25) is 5.91 Å². The van der Waals surface area contributed by atoms with E-state index in [0.29, 0.717) is 23.9 Å². The fraction of sp³-hybridized carbons (Fsp3) is 0.192. The number of thiocarbonyl (C=S) groups is 1. The first kappa shape index (κ1) is 23.4. The highest BCUT2D eigenvalue weighted by Crippen LogP contribution is 2.26. The van der Waals surface area contributed by atoms with Gasteiger partial charge in [0.15, 0.2) is 5.11 Å². The molecule has 1 fully saturated rings. The second kappa shape index (κ2) is 10.4. The van der Waals surface area contributed by atoms with Crippen molar-refractivity contribution in [2.75, 3.05) is 12.4 Å². The Labute approximate surface area is 202 Å². The first-order valence-corrected chi connectivity index (χ1v) is 11.2. The van der Waals surface area contributed by atoms with Crippen molar-refractivity contribution >= 4 is 34.8 Å². The van der Waals surface area contributed by atoms with Gasteiger partial charge >= 0.3 is 0 Å². The van der Waals surface area contributed by atoms with Gasteiger partial charge in [-0.05, 0) is 59.7 Å². The van der Waals surface area contributed by atoms with Crippen LogP contribution in [0.25, 0.3) is 0 Å². The first-order valence-electron chi connectivity index (χ1n) is 10.8. The van der Waals surface area contributed by atoms with E-state index in [-0.39, 0.29) is 18.2 Å². The van der Waals surface area contributed by atoms with Gasteiger partial charge in [-0.2, -0.15) is 0 Å². The maximum absolute atomic E-state index is 13.4. The summed E-state index contributed by atoms with van der Waals surface area (Å²) in [7, 11) is 1.60. The quantitative estimate of drug-likeness (QED) is 0.489. The molecule has 34 heavy (non-hydrogen) atoms. The molecule has 4 rings (SSSR count). The summed E-state index contributed by atoms with van der Waals surface area (Å²) >= 11 is 5.69. The minimum atomic E-state index is -0.751. The van der Waals surface area contributed by atoms with Crippen molar-refractivity contribution in [2.45, 2.75) is 25.6 Å². The van der Waals surface area contributed by atoms with E-state index >= 15 is 0 Å². The van der Waals surface area contributed by atoms with E-state index in [0.717, 1.165) is 16.9 Å². The van der Waals surface area contributed by atoms with Crippen molar-refractivity contribution in [1.82, 2.24) is 9.80 Å². The van der Waals surface area contributed by atoms with Crippen molar-refractivity contribution in [1.29, 1.82) is 0 Å². The van der Waals surface area contributed by atoms with Crippen LogP contribution in [0.15, 0.2) is 78.9 Å².